The first-order valence-corrected chi connectivity index (χ1v) is 6.21. The van der Waals surface area contributed by atoms with Crippen LogP contribution < -0.4 is 10.6 Å². The van der Waals surface area contributed by atoms with Crippen LogP contribution in [-0.2, 0) is 4.79 Å². The molecule has 0 aromatic heterocycles. The van der Waals surface area contributed by atoms with Crippen molar-refractivity contribution in [2.75, 3.05) is 0 Å². The number of carbonyl (C=O) groups is 1. The molecule has 0 aromatic rings. The second-order valence-electron chi connectivity index (χ2n) is 4.58. The molecule has 2 N–H and O–H groups in total. The number of nitrogens with one attached hydrogen (secondary N) is 2. The van der Waals surface area contributed by atoms with Crippen LogP contribution in [0.4, 0.5) is 0 Å². The van der Waals surface area contributed by atoms with E-state index in [0.717, 1.165) is 0 Å². The lowest BCUT2D eigenvalue weighted by atomic mass is 9.57. The van der Waals surface area contributed by atoms with E-state index >= 15 is 0 Å². The largest absolute Gasteiger partial charge is 0.354 e. The molecule has 0 saturated carbocycles. The summed E-state index contributed by atoms with van der Waals surface area (Å²) in [5.41, 5.74) is -2.08. The summed E-state index contributed by atoms with van der Waals surface area (Å²) < 4.78 is 0. The monoisotopic (exact) mass is 264 g/mol. The maximum atomic E-state index is 12.2. The van der Waals surface area contributed by atoms with Gasteiger partial charge in [-0.3, -0.25) is 4.79 Å². The minimum Gasteiger partial charge on any atom is -0.354 e. The van der Waals surface area contributed by atoms with E-state index in [1.807, 2.05) is 19.9 Å². The van der Waals surface area contributed by atoms with Crippen molar-refractivity contribution < 1.29 is 4.79 Å². The Labute approximate surface area is 110 Å². The summed E-state index contributed by atoms with van der Waals surface area (Å²) in [6.45, 7) is 3.83. The highest BCUT2D eigenvalue weighted by Gasteiger charge is 2.69. The molecular formula is C12H13ClN4O. The van der Waals surface area contributed by atoms with Gasteiger partial charge in [0.1, 0.15) is 17.4 Å². The van der Waals surface area contributed by atoms with Crippen LogP contribution in [0.3, 0.4) is 0 Å². The van der Waals surface area contributed by atoms with E-state index < -0.39 is 22.9 Å². The predicted molar refractivity (Wildman–Crippen MR) is 64.6 cm³/mol. The number of nitriles is 2. The van der Waals surface area contributed by atoms with E-state index in [2.05, 4.69) is 16.7 Å². The zero-order valence-electron chi connectivity index (χ0n) is 10.2. The number of halogens is 1. The minimum absolute atomic E-state index is 0.0293. The van der Waals surface area contributed by atoms with Crippen molar-refractivity contribution in [1.29, 1.82) is 10.5 Å². The molecule has 6 heteroatoms. The Morgan fingerprint density at radius 2 is 1.94 bits per heavy atom. The number of nitrogens with zero attached hydrogens (tertiary/aromatic N) is 2. The molecule has 0 radical (unpaired) electrons. The molecule has 1 fully saturated rings. The van der Waals surface area contributed by atoms with Crippen LogP contribution in [-0.4, -0.2) is 12.1 Å². The first kappa shape index (κ1) is 12.7. The molecule has 0 unspecified atom stereocenters. The Morgan fingerprint density at radius 3 is 2.39 bits per heavy atom. The fraction of sp³-hybridized carbons (Fsp3) is 0.583. The van der Waals surface area contributed by atoms with Gasteiger partial charge in [0, 0.05) is 5.41 Å². The van der Waals surface area contributed by atoms with Gasteiger partial charge in [-0.1, -0.05) is 25.4 Å². The Bertz CT molecular complexity index is 523. The molecule has 2 bridgehead atoms. The van der Waals surface area contributed by atoms with Crippen LogP contribution in [0, 0.1) is 33.5 Å². The van der Waals surface area contributed by atoms with Crippen molar-refractivity contribution >= 4 is 17.5 Å². The van der Waals surface area contributed by atoms with Crippen LogP contribution in [0.5, 0.6) is 0 Å². The summed E-state index contributed by atoms with van der Waals surface area (Å²) in [7, 11) is 0. The summed E-state index contributed by atoms with van der Waals surface area (Å²) in [5.74, 6) is -0.432. The Kier molecular flexibility index (Phi) is 2.76. The number of carbonyl (C=O) groups excluding carboxylic acids is 1. The molecule has 94 valence electrons. The van der Waals surface area contributed by atoms with Gasteiger partial charge in [-0.2, -0.15) is 10.5 Å². The second kappa shape index (κ2) is 3.90. The van der Waals surface area contributed by atoms with Crippen molar-refractivity contribution in [3.63, 3.8) is 0 Å². The Balaban J connectivity index is 2.81. The van der Waals surface area contributed by atoms with Gasteiger partial charge >= 0.3 is 0 Å². The average Bonchev–Trinajstić information content (AvgIpc) is 2.53. The van der Waals surface area contributed by atoms with Gasteiger partial charge in [0.15, 0.2) is 5.41 Å². The fourth-order valence-corrected chi connectivity index (χ4v) is 3.55. The molecule has 5 nitrogen and oxygen atoms in total. The number of fused-ring (bicyclic) bond motifs is 2. The smallest absolute Gasteiger partial charge is 0.248 e. The second-order valence-corrected chi connectivity index (χ2v) is 4.95. The zero-order chi connectivity index (χ0) is 13.6. The lowest BCUT2D eigenvalue weighted by molar-refractivity contribution is -0.125. The highest BCUT2D eigenvalue weighted by molar-refractivity contribution is 6.30. The molecule has 0 spiro atoms. The molecule has 0 aliphatic carbocycles. The molecular weight excluding hydrogens is 252 g/mol. The summed E-state index contributed by atoms with van der Waals surface area (Å²) >= 11 is 5.99. The Hall–Kier alpha value is -1.72. The van der Waals surface area contributed by atoms with Gasteiger partial charge in [0.05, 0.1) is 11.6 Å². The predicted octanol–water partition coefficient (Wildman–Crippen LogP) is 1.34. The van der Waals surface area contributed by atoms with E-state index in [1.165, 1.54) is 0 Å². The first-order valence-electron chi connectivity index (χ1n) is 5.83. The highest BCUT2D eigenvalue weighted by Crippen LogP contribution is 2.58. The average molecular weight is 265 g/mol. The number of hydrogen-bond acceptors (Lipinski definition) is 4. The summed E-state index contributed by atoms with van der Waals surface area (Å²) in [6.07, 6.45) is 0.801. The third kappa shape index (κ3) is 1.08. The molecule has 0 aromatic carbocycles. The van der Waals surface area contributed by atoms with Crippen LogP contribution in [0.1, 0.15) is 26.7 Å². The van der Waals surface area contributed by atoms with Crippen molar-refractivity contribution in [3.8, 4) is 12.1 Å². The highest BCUT2D eigenvalue weighted by atomic mass is 35.5. The quantitative estimate of drug-likeness (QED) is 0.737. The van der Waals surface area contributed by atoms with Crippen molar-refractivity contribution in [1.82, 2.24) is 10.6 Å². The van der Waals surface area contributed by atoms with E-state index in [-0.39, 0.29) is 10.7 Å². The van der Waals surface area contributed by atoms with Gasteiger partial charge in [-0.15, -0.1) is 0 Å². The van der Waals surface area contributed by atoms with Crippen molar-refractivity contribution in [2.24, 2.45) is 10.8 Å². The number of rotatable bonds is 2. The fourth-order valence-electron chi connectivity index (χ4n) is 3.26. The Morgan fingerprint density at radius 1 is 1.33 bits per heavy atom. The van der Waals surface area contributed by atoms with E-state index in [9.17, 15) is 15.3 Å². The molecule has 2 aliphatic heterocycles. The molecule has 2 atom stereocenters. The molecule has 2 heterocycles. The van der Waals surface area contributed by atoms with Crippen LogP contribution in [0.25, 0.3) is 0 Å². The van der Waals surface area contributed by atoms with Gasteiger partial charge < -0.3 is 10.6 Å². The van der Waals surface area contributed by atoms with E-state index in [4.69, 9.17) is 11.6 Å². The van der Waals surface area contributed by atoms with Crippen LogP contribution in [0.15, 0.2) is 10.7 Å². The maximum absolute atomic E-state index is 12.2. The first-order chi connectivity index (χ1) is 8.53. The molecule has 1 saturated heterocycles. The molecule has 2 aliphatic rings. The molecule has 18 heavy (non-hydrogen) atoms. The SMILES string of the molecule is CCC1(CC)[C@H]2NC(=O)[C@@]1(C#N)C(C#N)=C(Cl)N2. The van der Waals surface area contributed by atoms with Gasteiger partial charge in [0.25, 0.3) is 0 Å². The maximum Gasteiger partial charge on any atom is 0.248 e. The summed E-state index contributed by atoms with van der Waals surface area (Å²) in [5, 5.41) is 24.6. The zero-order valence-corrected chi connectivity index (χ0v) is 10.9. The minimum atomic E-state index is -1.47. The van der Waals surface area contributed by atoms with Crippen molar-refractivity contribution in [3.05, 3.63) is 10.7 Å². The standard InChI is InChI=1S/C12H13ClN4O/c1-3-11(4-2)9-16-8(13)7(5-14)12(11,6-15)10(18)17-9/h9,16H,3-4H2,1-2H3,(H,17,18)/t9-,12-/m1/s1. The van der Waals surface area contributed by atoms with Crippen LogP contribution >= 0.6 is 11.6 Å². The van der Waals surface area contributed by atoms with E-state index in [0.29, 0.717) is 12.8 Å². The third-order valence-corrected chi connectivity index (χ3v) is 4.62. The number of hydrogen-bond donors (Lipinski definition) is 2. The molecule has 2 rings (SSSR count). The third-order valence-electron chi connectivity index (χ3n) is 4.32. The topological polar surface area (TPSA) is 88.7 Å². The van der Waals surface area contributed by atoms with Gasteiger partial charge in [0.2, 0.25) is 5.91 Å². The van der Waals surface area contributed by atoms with E-state index in [1.54, 1.807) is 0 Å². The lowest BCUT2D eigenvalue weighted by Crippen LogP contribution is -2.55. The number of amides is 1. The van der Waals surface area contributed by atoms with Crippen LogP contribution in [0.2, 0.25) is 0 Å². The molecule has 1 amide bonds. The summed E-state index contributed by atoms with van der Waals surface area (Å²) in [4.78, 5) is 12.2. The summed E-state index contributed by atoms with van der Waals surface area (Å²) in [6, 6.07) is 3.99. The normalized spacial score (nSPS) is 32.3. The van der Waals surface area contributed by atoms with Gasteiger partial charge in [-0.25, -0.2) is 0 Å². The van der Waals surface area contributed by atoms with Crippen molar-refractivity contribution in [2.45, 2.75) is 32.9 Å². The lowest BCUT2D eigenvalue weighted by Gasteiger charge is -2.44. The van der Waals surface area contributed by atoms with Gasteiger partial charge in [-0.05, 0) is 12.8 Å².